The average molecular weight is 375 g/mol. The lowest BCUT2D eigenvalue weighted by Gasteiger charge is -2.22. The van der Waals surface area contributed by atoms with Gasteiger partial charge in [-0.25, -0.2) is 0 Å². The van der Waals surface area contributed by atoms with E-state index in [1.807, 2.05) is 24.3 Å². The Balaban J connectivity index is 0.00000144. The number of amides is 2. The van der Waals surface area contributed by atoms with E-state index in [0.29, 0.717) is 6.54 Å². The Bertz CT molecular complexity index is 607. The van der Waals surface area contributed by atoms with Gasteiger partial charge in [-0.15, -0.1) is 24.8 Å². The first-order valence-corrected chi connectivity index (χ1v) is 7.71. The topological polar surface area (TPSA) is 101 Å². The second kappa shape index (κ2) is 8.16. The molecule has 2 fully saturated rings. The number of carbonyl (C=O) groups excluding carboxylic acids is 2. The van der Waals surface area contributed by atoms with Gasteiger partial charge >= 0.3 is 0 Å². The molecule has 1 aliphatic heterocycles. The van der Waals surface area contributed by atoms with Crippen molar-refractivity contribution in [3.8, 4) is 0 Å². The number of nitrogens with one attached hydrogen (secondary N) is 1. The normalized spacial score (nSPS) is 21.3. The first-order valence-electron chi connectivity index (χ1n) is 7.71. The molecule has 5 N–H and O–H groups in total. The molecule has 0 bridgehead atoms. The molecule has 3 rings (SSSR count). The summed E-state index contributed by atoms with van der Waals surface area (Å²) in [5.74, 6) is -0.387. The Morgan fingerprint density at radius 3 is 2.62 bits per heavy atom. The first-order chi connectivity index (χ1) is 10.5. The summed E-state index contributed by atoms with van der Waals surface area (Å²) in [6, 6.07) is 7.48. The number of halogens is 2. The maximum absolute atomic E-state index is 12.0. The Morgan fingerprint density at radius 2 is 2.00 bits per heavy atom. The summed E-state index contributed by atoms with van der Waals surface area (Å²) in [7, 11) is 0. The molecule has 1 aromatic rings. The smallest absolute Gasteiger partial charge is 0.244 e. The van der Waals surface area contributed by atoms with Crippen LogP contribution in [-0.2, 0) is 16.1 Å². The number of hydrogen-bond donors (Lipinski definition) is 3. The van der Waals surface area contributed by atoms with Crippen LogP contribution in [-0.4, -0.2) is 34.8 Å². The molecule has 1 heterocycles. The SMILES string of the molecule is Cl.Cl.NC(=O)C1CCCN1Cc1cccc(NC(=O)C2(N)CC2)c1. The summed E-state index contributed by atoms with van der Waals surface area (Å²) in [5, 5.41) is 2.87. The van der Waals surface area contributed by atoms with Crippen molar-refractivity contribution in [3.05, 3.63) is 29.8 Å². The van der Waals surface area contributed by atoms with Crippen LogP contribution >= 0.6 is 24.8 Å². The summed E-state index contributed by atoms with van der Waals surface area (Å²) in [5.41, 5.74) is 12.4. The van der Waals surface area contributed by atoms with E-state index < -0.39 is 5.54 Å². The molecule has 134 valence electrons. The number of rotatable bonds is 5. The van der Waals surface area contributed by atoms with Gasteiger partial charge in [0.15, 0.2) is 0 Å². The number of likely N-dealkylation sites (tertiary alicyclic amines) is 1. The highest BCUT2D eigenvalue weighted by molar-refractivity contribution is 6.00. The number of nitrogens with two attached hydrogens (primary N) is 2. The van der Waals surface area contributed by atoms with Crippen molar-refractivity contribution >= 4 is 42.3 Å². The van der Waals surface area contributed by atoms with Crippen LogP contribution in [0.3, 0.4) is 0 Å². The molecule has 24 heavy (non-hydrogen) atoms. The zero-order valence-corrected chi connectivity index (χ0v) is 15.0. The molecular weight excluding hydrogens is 351 g/mol. The van der Waals surface area contributed by atoms with Crippen molar-refractivity contribution in [2.75, 3.05) is 11.9 Å². The zero-order valence-electron chi connectivity index (χ0n) is 13.4. The van der Waals surface area contributed by atoms with Crippen LogP contribution in [0.4, 0.5) is 5.69 Å². The van der Waals surface area contributed by atoms with E-state index in [2.05, 4.69) is 10.2 Å². The van der Waals surface area contributed by atoms with Gasteiger partial charge in [-0.3, -0.25) is 14.5 Å². The Morgan fingerprint density at radius 1 is 1.29 bits per heavy atom. The summed E-state index contributed by atoms with van der Waals surface area (Å²) in [4.78, 5) is 25.5. The van der Waals surface area contributed by atoms with E-state index in [-0.39, 0.29) is 42.7 Å². The third-order valence-corrected chi connectivity index (χ3v) is 4.50. The minimum Gasteiger partial charge on any atom is -0.368 e. The van der Waals surface area contributed by atoms with E-state index in [9.17, 15) is 9.59 Å². The number of primary amides is 1. The van der Waals surface area contributed by atoms with Crippen molar-refractivity contribution in [1.82, 2.24) is 4.90 Å². The summed E-state index contributed by atoms with van der Waals surface area (Å²) < 4.78 is 0. The van der Waals surface area contributed by atoms with Gasteiger partial charge in [0.1, 0.15) is 0 Å². The van der Waals surface area contributed by atoms with Gasteiger partial charge in [0.05, 0.1) is 11.6 Å². The molecule has 1 aliphatic carbocycles. The molecule has 0 spiro atoms. The minimum atomic E-state index is -0.679. The predicted octanol–water partition coefficient (Wildman–Crippen LogP) is 1.41. The van der Waals surface area contributed by atoms with Gasteiger partial charge in [-0.2, -0.15) is 0 Å². The molecule has 8 heteroatoms. The third-order valence-electron chi connectivity index (χ3n) is 4.50. The van der Waals surface area contributed by atoms with Crippen molar-refractivity contribution in [2.24, 2.45) is 11.5 Å². The highest BCUT2D eigenvalue weighted by Gasteiger charge is 2.45. The average Bonchev–Trinajstić information content (AvgIpc) is 3.06. The second-order valence-electron chi connectivity index (χ2n) is 6.34. The van der Waals surface area contributed by atoms with Gasteiger partial charge in [-0.05, 0) is 49.9 Å². The fourth-order valence-corrected chi connectivity index (χ4v) is 2.94. The molecule has 1 saturated heterocycles. The second-order valence-corrected chi connectivity index (χ2v) is 6.34. The molecule has 6 nitrogen and oxygen atoms in total. The molecule has 2 amide bonds. The maximum atomic E-state index is 12.0. The zero-order chi connectivity index (χ0) is 15.7. The third kappa shape index (κ3) is 4.60. The number of nitrogens with zero attached hydrogens (tertiary/aromatic N) is 1. The van der Waals surface area contributed by atoms with Gasteiger partial charge < -0.3 is 16.8 Å². The first kappa shape index (κ1) is 20.7. The predicted molar refractivity (Wildman–Crippen MR) is 98.3 cm³/mol. The van der Waals surface area contributed by atoms with Crippen LogP contribution in [0, 0.1) is 0 Å². The van der Waals surface area contributed by atoms with Crippen LogP contribution in [0.15, 0.2) is 24.3 Å². The molecule has 2 aliphatic rings. The molecular formula is C16H24Cl2N4O2. The Labute approximate surface area is 154 Å². The maximum Gasteiger partial charge on any atom is 0.244 e. The lowest BCUT2D eigenvalue weighted by molar-refractivity contribution is -0.122. The van der Waals surface area contributed by atoms with Crippen LogP contribution in [0.2, 0.25) is 0 Å². The van der Waals surface area contributed by atoms with Gasteiger partial charge in [0.2, 0.25) is 11.8 Å². The largest absolute Gasteiger partial charge is 0.368 e. The van der Waals surface area contributed by atoms with Gasteiger partial charge in [-0.1, -0.05) is 12.1 Å². The van der Waals surface area contributed by atoms with E-state index in [1.165, 1.54) is 0 Å². The standard InChI is InChI=1S/C16H22N4O2.2ClH/c17-14(21)13-5-2-8-20(13)10-11-3-1-4-12(9-11)19-15(22)16(18)6-7-16;;/h1,3-4,9,13H,2,5-8,10,18H2,(H2,17,21)(H,19,22);2*1H. The minimum absolute atomic E-state index is 0. The molecule has 1 aromatic carbocycles. The van der Waals surface area contributed by atoms with Crippen molar-refractivity contribution in [2.45, 2.75) is 43.8 Å². The molecule has 1 atom stereocenters. The van der Waals surface area contributed by atoms with Gasteiger partial charge in [0.25, 0.3) is 0 Å². The van der Waals surface area contributed by atoms with Crippen LogP contribution < -0.4 is 16.8 Å². The van der Waals surface area contributed by atoms with Gasteiger partial charge in [0, 0.05) is 12.2 Å². The van der Waals surface area contributed by atoms with Crippen molar-refractivity contribution < 1.29 is 9.59 Å². The number of carbonyl (C=O) groups is 2. The van der Waals surface area contributed by atoms with Crippen LogP contribution in [0.25, 0.3) is 0 Å². The molecule has 1 unspecified atom stereocenters. The fraction of sp³-hybridized carbons (Fsp3) is 0.500. The number of benzene rings is 1. The molecule has 1 saturated carbocycles. The lowest BCUT2D eigenvalue weighted by atomic mass is 10.1. The van der Waals surface area contributed by atoms with E-state index in [4.69, 9.17) is 11.5 Å². The van der Waals surface area contributed by atoms with Crippen molar-refractivity contribution in [3.63, 3.8) is 0 Å². The highest BCUT2D eigenvalue weighted by atomic mass is 35.5. The van der Waals surface area contributed by atoms with E-state index in [0.717, 1.165) is 43.5 Å². The summed E-state index contributed by atoms with van der Waals surface area (Å²) >= 11 is 0. The Hall–Kier alpha value is -1.34. The van der Waals surface area contributed by atoms with E-state index in [1.54, 1.807) is 0 Å². The van der Waals surface area contributed by atoms with Crippen LogP contribution in [0.1, 0.15) is 31.2 Å². The lowest BCUT2D eigenvalue weighted by Crippen LogP contribution is -2.39. The Kier molecular flexibility index (Phi) is 7.04. The quantitative estimate of drug-likeness (QED) is 0.724. The fourth-order valence-electron chi connectivity index (χ4n) is 2.94. The number of hydrogen-bond acceptors (Lipinski definition) is 4. The molecule has 0 aromatic heterocycles. The summed E-state index contributed by atoms with van der Waals surface area (Å²) in [6.45, 7) is 1.53. The summed E-state index contributed by atoms with van der Waals surface area (Å²) in [6.07, 6.45) is 3.29. The highest BCUT2D eigenvalue weighted by Crippen LogP contribution is 2.33. The monoisotopic (exact) mass is 374 g/mol. The molecule has 0 radical (unpaired) electrons. The number of anilines is 1. The van der Waals surface area contributed by atoms with Crippen molar-refractivity contribution in [1.29, 1.82) is 0 Å². The van der Waals surface area contributed by atoms with Crippen LogP contribution in [0.5, 0.6) is 0 Å². The van der Waals surface area contributed by atoms with E-state index >= 15 is 0 Å².